The van der Waals surface area contributed by atoms with E-state index in [9.17, 15) is 13.2 Å². The molecule has 19 heavy (non-hydrogen) atoms. The maximum absolute atomic E-state index is 12.5. The molecular weight excluding hydrogens is 270 g/mol. The molecule has 0 radical (unpaired) electrons. The van der Waals surface area contributed by atoms with E-state index in [2.05, 4.69) is 15.3 Å². The van der Waals surface area contributed by atoms with Crippen LogP contribution in [-0.2, 0) is 14.8 Å². The second-order valence-electron chi connectivity index (χ2n) is 4.50. The van der Waals surface area contributed by atoms with E-state index in [1.165, 1.54) is 6.20 Å². The number of carbonyl (C=O) groups excluding carboxylic acids is 1. The van der Waals surface area contributed by atoms with Gasteiger partial charge in [-0.05, 0) is 19.9 Å². The van der Waals surface area contributed by atoms with Crippen LogP contribution in [0.1, 0.15) is 12.2 Å². The zero-order valence-electron chi connectivity index (χ0n) is 10.6. The van der Waals surface area contributed by atoms with Crippen molar-refractivity contribution < 1.29 is 13.2 Å². The average Bonchev–Trinajstić information content (AvgIpc) is 2.96. The standard InChI is InChI=1S/C10H17N5O3S/c1-7-13-5-10(14-7)19(17,18)15(6-9(11)16)8-2-3-12-4-8/h5,8,12H,2-4,6H2,1H3,(H2,11,16)(H,13,14). The molecule has 4 N–H and O–H groups in total. The van der Waals surface area contributed by atoms with E-state index in [1.807, 2.05) is 0 Å². The first-order valence-corrected chi connectivity index (χ1v) is 7.37. The number of aromatic amines is 1. The van der Waals surface area contributed by atoms with Crippen LogP contribution in [-0.4, -0.2) is 54.3 Å². The van der Waals surface area contributed by atoms with Crippen molar-refractivity contribution >= 4 is 15.9 Å². The van der Waals surface area contributed by atoms with E-state index < -0.39 is 15.9 Å². The van der Waals surface area contributed by atoms with Crippen LogP contribution in [0.5, 0.6) is 0 Å². The maximum atomic E-state index is 12.5. The van der Waals surface area contributed by atoms with Crippen LogP contribution in [0.25, 0.3) is 0 Å². The second kappa shape index (κ2) is 5.27. The van der Waals surface area contributed by atoms with E-state index in [0.717, 1.165) is 10.8 Å². The summed E-state index contributed by atoms with van der Waals surface area (Å²) in [6.07, 6.45) is 1.90. The van der Waals surface area contributed by atoms with Crippen molar-refractivity contribution in [1.82, 2.24) is 19.6 Å². The molecule has 0 aromatic carbocycles. The predicted octanol–water partition coefficient (Wildman–Crippen LogP) is -1.44. The Labute approximate surface area is 111 Å². The minimum Gasteiger partial charge on any atom is -0.369 e. The number of aromatic nitrogens is 2. The number of H-pyrrole nitrogens is 1. The lowest BCUT2D eigenvalue weighted by molar-refractivity contribution is -0.118. The number of imidazole rings is 1. The number of nitrogens with one attached hydrogen (secondary N) is 2. The first kappa shape index (κ1) is 14.0. The summed E-state index contributed by atoms with van der Waals surface area (Å²) in [7, 11) is -3.78. The van der Waals surface area contributed by atoms with Gasteiger partial charge in [-0.3, -0.25) is 4.79 Å². The monoisotopic (exact) mass is 287 g/mol. The van der Waals surface area contributed by atoms with Gasteiger partial charge in [0.25, 0.3) is 10.0 Å². The summed E-state index contributed by atoms with van der Waals surface area (Å²) in [6, 6.07) is -0.263. The van der Waals surface area contributed by atoms with E-state index >= 15 is 0 Å². The van der Waals surface area contributed by atoms with Crippen LogP contribution >= 0.6 is 0 Å². The van der Waals surface area contributed by atoms with Gasteiger partial charge in [0.05, 0.1) is 12.7 Å². The molecule has 2 heterocycles. The number of hydrogen-bond acceptors (Lipinski definition) is 5. The quantitative estimate of drug-likeness (QED) is 0.612. The van der Waals surface area contributed by atoms with Gasteiger partial charge in [0.1, 0.15) is 5.82 Å². The van der Waals surface area contributed by atoms with E-state index in [4.69, 9.17) is 5.73 Å². The third-order valence-corrected chi connectivity index (χ3v) is 4.83. The fourth-order valence-electron chi connectivity index (χ4n) is 2.10. The fourth-order valence-corrected chi connectivity index (χ4v) is 3.69. The van der Waals surface area contributed by atoms with Crippen molar-refractivity contribution in [2.45, 2.75) is 24.4 Å². The van der Waals surface area contributed by atoms with Crippen molar-refractivity contribution in [2.75, 3.05) is 19.6 Å². The molecule has 9 heteroatoms. The molecule has 1 saturated heterocycles. The molecule has 1 fully saturated rings. The Bertz CT molecular complexity index is 561. The molecule has 1 aliphatic rings. The number of hydrogen-bond donors (Lipinski definition) is 3. The SMILES string of the molecule is Cc1ncc(S(=O)(=O)N(CC(N)=O)C2CCNC2)[nH]1. The molecule has 8 nitrogen and oxygen atoms in total. The van der Waals surface area contributed by atoms with Gasteiger partial charge in [0.15, 0.2) is 5.03 Å². The minimum absolute atomic E-state index is 0.0156. The summed E-state index contributed by atoms with van der Waals surface area (Å²) < 4.78 is 26.1. The van der Waals surface area contributed by atoms with Gasteiger partial charge in [0, 0.05) is 12.6 Å². The summed E-state index contributed by atoms with van der Waals surface area (Å²) in [6.45, 7) is 2.57. The topological polar surface area (TPSA) is 121 Å². The molecule has 1 aromatic heterocycles. The van der Waals surface area contributed by atoms with Crippen molar-refractivity contribution in [1.29, 1.82) is 0 Å². The van der Waals surface area contributed by atoms with Crippen LogP contribution in [0, 0.1) is 6.92 Å². The first-order valence-electron chi connectivity index (χ1n) is 5.93. The number of carbonyl (C=O) groups is 1. The number of nitrogens with zero attached hydrogens (tertiary/aromatic N) is 2. The van der Waals surface area contributed by atoms with Gasteiger partial charge in [-0.15, -0.1) is 0 Å². The number of aryl methyl sites for hydroxylation is 1. The molecule has 0 spiro atoms. The highest BCUT2D eigenvalue weighted by Gasteiger charge is 2.35. The van der Waals surface area contributed by atoms with Gasteiger partial charge in [-0.2, -0.15) is 4.31 Å². The summed E-state index contributed by atoms with van der Waals surface area (Å²) >= 11 is 0. The Balaban J connectivity index is 2.33. The predicted molar refractivity (Wildman–Crippen MR) is 67.7 cm³/mol. The smallest absolute Gasteiger partial charge is 0.260 e. The number of sulfonamides is 1. The van der Waals surface area contributed by atoms with Crippen LogP contribution in [0.15, 0.2) is 11.2 Å². The summed E-state index contributed by atoms with van der Waals surface area (Å²) in [4.78, 5) is 17.7. The molecule has 2 rings (SSSR count). The highest BCUT2D eigenvalue weighted by Crippen LogP contribution is 2.19. The van der Waals surface area contributed by atoms with Gasteiger partial charge in [0.2, 0.25) is 5.91 Å². The van der Waals surface area contributed by atoms with Gasteiger partial charge in [-0.25, -0.2) is 13.4 Å². The second-order valence-corrected chi connectivity index (χ2v) is 6.36. The van der Waals surface area contributed by atoms with Crippen LogP contribution in [0.3, 0.4) is 0 Å². The van der Waals surface area contributed by atoms with Gasteiger partial charge in [-0.1, -0.05) is 0 Å². The molecule has 1 aliphatic heterocycles. The normalized spacial score (nSPS) is 20.0. The van der Waals surface area contributed by atoms with E-state index in [-0.39, 0.29) is 17.6 Å². The zero-order valence-corrected chi connectivity index (χ0v) is 11.4. The number of nitrogens with two attached hydrogens (primary N) is 1. The Morgan fingerprint density at radius 1 is 1.63 bits per heavy atom. The Hall–Kier alpha value is -1.45. The highest BCUT2D eigenvalue weighted by atomic mass is 32.2. The largest absolute Gasteiger partial charge is 0.369 e. The van der Waals surface area contributed by atoms with E-state index in [1.54, 1.807) is 6.92 Å². The Kier molecular flexibility index (Phi) is 3.88. The minimum atomic E-state index is -3.78. The van der Waals surface area contributed by atoms with Crippen molar-refractivity contribution in [3.05, 3.63) is 12.0 Å². The van der Waals surface area contributed by atoms with Crippen molar-refractivity contribution in [3.63, 3.8) is 0 Å². The lowest BCUT2D eigenvalue weighted by atomic mass is 10.2. The third-order valence-electron chi connectivity index (χ3n) is 3.02. The van der Waals surface area contributed by atoms with E-state index in [0.29, 0.717) is 18.8 Å². The lowest BCUT2D eigenvalue weighted by Crippen LogP contribution is -2.46. The number of amides is 1. The number of rotatable bonds is 5. The van der Waals surface area contributed by atoms with Crippen molar-refractivity contribution in [3.8, 4) is 0 Å². The maximum Gasteiger partial charge on any atom is 0.260 e. The Morgan fingerprint density at radius 2 is 2.37 bits per heavy atom. The molecule has 1 unspecified atom stereocenters. The Morgan fingerprint density at radius 3 is 2.84 bits per heavy atom. The van der Waals surface area contributed by atoms with Crippen LogP contribution < -0.4 is 11.1 Å². The van der Waals surface area contributed by atoms with Gasteiger partial charge >= 0.3 is 0 Å². The lowest BCUT2D eigenvalue weighted by Gasteiger charge is -2.25. The molecule has 1 aromatic rings. The summed E-state index contributed by atoms with van der Waals surface area (Å²) in [5, 5.41) is 3.06. The first-order chi connectivity index (χ1) is 8.91. The van der Waals surface area contributed by atoms with Crippen LogP contribution in [0.2, 0.25) is 0 Å². The van der Waals surface area contributed by atoms with Crippen molar-refractivity contribution in [2.24, 2.45) is 5.73 Å². The zero-order chi connectivity index (χ0) is 14.0. The fraction of sp³-hybridized carbons (Fsp3) is 0.600. The third kappa shape index (κ3) is 2.94. The number of primary amides is 1. The van der Waals surface area contributed by atoms with Gasteiger partial charge < -0.3 is 16.0 Å². The summed E-state index contributed by atoms with van der Waals surface area (Å²) in [5.41, 5.74) is 5.15. The molecule has 0 saturated carbocycles. The average molecular weight is 287 g/mol. The molecule has 1 amide bonds. The molecule has 106 valence electrons. The molecular formula is C10H17N5O3S. The molecule has 0 bridgehead atoms. The molecule has 0 aliphatic carbocycles. The highest BCUT2D eigenvalue weighted by molar-refractivity contribution is 7.89. The summed E-state index contributed by atoms with van der Waals surface area (Å²) in [5.74, 6) is -0.172. The molecule has 1 atom stereocenters. The van der Waals surface area contributed by atoms with Crippen LogP contribution in [0.4, 0.5) is 0 Å².